The number of hydrogen-bond donors (Lipinski definition) is 2. The molecule has 2 amide bonds. The molecule has 0 radical (unpaired) electrons. The Morgan fingerprint density at radius 2 is 1.81 bits per heavy atom. The van der Waals surface area contributed by atoms with Gasteiger partial charge in [-0.2, -0.15) is 13.2 Å². The molecule has 0 spiro atoms. The number of rotatable bonds is 3. The normalized spacial score (nSPS) is 16.7. The van der Waals surface area contributed by atoms with Crippen molar-refractivity contribution in [3.63, 3.8) is 0 Å². The van der Waals surface area contributed by atoms with Gasteiger partial charge in [-0.1, -0.05) is 24.3 Å². The molecule has 0 aliphatic carbocycles. The Morgan fingerprint density at radius 3 is 2.42 bits per heavy atom. The summed E-state index contributed by atoms with van der Waals surface area (Å²) in [6.07, 6.45) is -5.50. The fourth-order valence-electron chi connectivity index (χ4n) is 2.86. The minimum atomic E-state index is -4.53. The molecule has 1 aliphatic rings. The Morgan fingerprint density at radius 1 is 1.15 bits per heavy atom. The van der Waals surface area contributed by atoms with Crippen LogP contribution in [0, 0.1) is 0 Å². The van der Waals surface area contributed by atoms with Crippen molar-refractivity contribution in [2.75, 3.05) is 17.2 Å². The van der Waals surface area contributed by atoms with Crippen LogP contribution in [0.5, 0.6) is 0 Å². The van der Waals surface area contributed by atoms with Gasteiger partial charge in [0, 0.05) is 18.3 Å². The monoisotopic (exact) mass is 363 g/mol. The predicted molar refractivity (Wildman–Crippen MR) is 90.6 cm³/mol. The highest BCUT2D eigenvalue weighted by Gasteiger charge is 2.40. The molecule has 1 heterocycles. The highest BCUT2D eigenvalue weighted by atomic mass is 19.4. The van der Waals surface area contributed by atoms with Crippen molar-refractivity contribution in [2.24, 2.45) is 0 Å². The molecular formula is C18H16F3N3O2. The van der Waals surface area contributed by atoms with Crippen LogP contribution in [-0.4, -0.2) is 29.4 Å². The Kier molecular flexibility index (Phi) is 4.58. The first-order valence-electron chi connectivity index (χ1n) is 7.85. The number of nitrogens with one attached hydrogen (secondary N) is 2. The van der Waals surface area contributed by atoms with E-state index < -0.39 is 24.8 Å². The molecule has 2 N–H and O–H groups in total. The van der Waals surface area contributed by atoms with Crippen LogP contribution in [0.3, 0.4) is 0 Å². The van der Waals surface area contributed by atoms with E-state index in [4.69, 9.17) is 0 Å². The number of benzene rings is 2. The number of carbonyl (C=O) groups excluding carboxylic acids is 2. The molecule has 0 aromatic heterocycles. The molecule has 2 aromatic carbocycles. The largest absolute Gasteiger partial charge is 0.406 e. The highest BCUT2D eigenvalue weighted by molar-refractivity contribution is 6.01. The Balaban J connectivity index is 1.97. The summed E-state index contributed by atoms with van der Waals surface area (Å²) in [5.74, 6) is -0.941. The molecule has 0 saturated carbocycles. The third-order valence-electron chi connectivity index (χ3n) is 3.92. The average molecular weight is 363 g/mol. The van der Waals surface area contributed by atoms with Gasteiger partial charge in [-0.15, -0.1) is 0 Å². The summed E-state index contributed by atoms with van der Waals surface area (Å²) in [4.78, 5) is 24.5. The van der Waals surface area contributed by atoms with E-state index in [0.717, 1.165) is 4.90 Å². The number of hydrogen-bond acceptors (Lipinski definition) is 3. The summed E-state index contributed by atoms with van der Waals surface area (Å²) in [6, 6.07) is 12.8. The molecule has 8 heteroatoms. The molecule has 3 rings (SSSR count). The van der Waals surface area contributed by atoms with Gasteiger partial charge in [-0.3, -0.25) is 9.59 Å². The van der Waals surface area contributed by atoms with Gasteiger partial charge in [0.25, 0.3) is 5.91 Å². The number of amides is 2. The molecule has 5 nitrogen and oxygen atoms in total. The van der Waals surface area contributed by atoms with E-state index in [1.807, 2.05) is 0 Å². The van der Waals surface area contributed by atoms with Gasteiger partial charge < -0.3 is 15.5 Å². The molecule has 2 aromatic rings. The first kappa shape index (κ1) is 17.8. The van der Waals surface area contributed by atoms with E-state index in [1.54, 1.807) is 42.5 Å². The van der Waals surface area contributed by atoms with Gasteiger partial charge in [0.2, 0.25) is 5.91 Å². The average Bonchev–Trinajstić information content (AvgIpc) is 2.56. The lowest BCUT2D eigenvalue weighted by atomic mass is 10.0. The number of para-hydroxylation sites is 1. The molecule has 26 heavy (non-hydrogen) atoms. The molecule has 136 valence electrons. The molecule has 1 aliphatic heterocycles. The van der Waals surface area contributed by atoms with E-state index in [2.05, 4.69) is 10.6 Å². The van der Waals surface area contributed by atoms with E-state index >= 15 is 0 Å². The zero-order valence-electron chi connectivity index (χ0n) is 13.8. The van der Waals surface area contributed by atoms with Crippen LogP contribution >= 0.6 is 0 Å². The SMILES string of the molecule is CC(=O)Nc1ccc(C2Nc3ccccc3C(=O)N2CC(F)(F)F)cc1. The molecule has 0 saturated heterocycles. The van der Waals surface area contributed by atoms with Crippen molar-refractivity contribution in [3.8, 4) is 0 Å². The second-order valence-corrected chi connectivity index (χ2v) is 5.94. The van der Waals surface area contributed by atoms with Gasteiger partial charge in [-0.05, 0) is 29.8 Å². The Labute approximate surface area is 147 Å². The lowest BCUT2D eigenvalue weighted by Crippen LogP contribution is -2.47. The number of carbonyl (C=O) groups is 2. The topological polar surface area (TPSA) is 61.4 Å². The van der Waals surface area contributed by atoms with Crippen molar-refractivity contribution in [1.29, 1.82) is 0 Å². The van der Waals surface area contributed by atoms with Crippen LogP contribution in [0.4, 0.5) is 24.5 Å². The Bertz CT molecular complexity index is 834. The van der Waals surface area contributed by atoms with Crippen LogP contribution in [0.2, 0.25) is 0 Å². The van der Waals surface area contributed by atoms with Gasteiger partial charge in [0.1, 0.15) is 12.7 Å². The lowest BCUT2D eigenvalue weighted by Gasteiger charge is -2.38. The zero-order chi connectivity index (χ0) is 18.9. The third kappa shape index (κ3) is 3.79. The van der Waals surface area contributed by atoms with E-state index in [1.165, 1.54) is 13.0 Å². The van der Waals surface area contributed by atoms with Gasteiger partial charge in [0.05, 0.1) is 5.56 Å². The fraction of sp³-hybridized carbons (Fsp3) is 0.222. The predicted octanol–water partition coefficient (Wildman–Crippen LogP) is 3.77. The molecule has 0 fully saturated rings. The van der Waals surface area contributed by atoms with Crippen molar-refractivity contribution < 1.29 is 22.8 Å². The van der Waals surface area contributed by atoms with E-state index in [-0.39, 0.29) is 11.5 Å². The van der Waals surface area contributed by atoms with Crippen molar-refractivity contribution in [3.05, 3.63) is 59.7 Å². The fourth-order valence-corrected chi connectivity index (χ4v) is 2.86. The summed E-state index contributed by atoms with van der Waals surface area (Å²) in [7, 11) is 0. The smallest absolute Gasteiger partial charge is 0.361 e. The minimum Gasteiger partial charge on any atom is -0.361 e. The zero-order valence-corrected chi connectivity index (χ0v) is 13.8. The summed E-state index contributed by atoms with van der Waals surface area (Å²) in [6.45, 7) is -0.0114. The van der Waals surface area contributed by atoms with Crippen molar-refractivity contribution >= 4 is 23.2 Å². The summed E-state index contributed by atoms with van der Waals surface area (Å²) in [5, 5.41) is 5.58. The van der Waals surface area contributed by atoms with Crippen LogP contribution in [0.15, 0.2) is 48.5 Å². The van der Waals surface area contributed by atoms with E-state index in [0.29, 0.717) is 16.9 Å². The van der Waals surface area contributed by atoms with E-state index in [9.17, 15) is 22.8 Å². The standard InChI is InChI=1S/C18H16F3N3O2/c1-11(25)22-13-8-6-12(7-9-13)16-23-15-5-3-2-4-14(15)17(26)24(16)10-18(19,20)21/h2-9,16,23H,10H2,1H3,(H,22,25). The first-order chi connectivity index (χ1) is 12.2. The minimum absolute atomic E-state index is 0.197. The second-order valence-electron chi connectivity index (χ2n) is 5.94. The van der Waals surface area contributed by atoms with Crippen LogP contribution in [0.25, 0.3) is 0 Å². The summed E-state index contributed by atoms with van der Waals surface area (Å²) < 4.78 is 39.1. The van der Waals surface area contributed by atoms with Gasteiger partial charge in [0.15, 0.2) is 0 Å². The maximum Gasteiger partial charge on any atom is 0.406 e. The number of nitrogens with zero attached hydrogens (tertiary/aromatic N) is 1. The quantitative estimate of drug-likeness (QED) is 0.873. The maximum atomic E-state index is 13.0. The summed E-state index contributed by atoms with van der Waals surface area (Å²) in [5.41, 5.74) is 1.67. The van der Waals surface area contributed by atoms with Crippen LogP contribution < -0.4 is 10.6 Å². The van der Waals surface area contributed by atoms with Gasteiger partial charge >= 0.3 is 6.18 Å². The molecule has 1 atom stereocenters. The lowest BCUT2D eigenvalue weighted by molar-refractivity contribution is -0.144. The highest BCUT2D eigenvalue weighted by Crippen LogP contribution is 2.35. The molecular weight excluding hydrogens is 347 g/mol. The first-order valence-corrected chi connectivity index (χ1v) is 7.85. The molecule has 0 bridgehead atoms. The number of anilines is 2. The Hall–Kier alpha value is -3.03. The van der Waals surface area contributed by atoms with Crippen molar-refractivity contribution in [2.45, 2.75) is 19.3 Å². The molecule has 1 unspecified atom stereocenters. The number of halogens is 3. The van der Waals surface area contributed by atoms with Crippen molar-refractivity contribution in [1.82, 2.24) is 4.90 Å². The third-order valence-corrected chi connectivity index (χ3v) is 3.92. The number of fused-ring (bicyclic) bond motifs is 1. The van der Waals surface area contributed by atoms with Crippen LogP contribution in [-0.2, 0) is 4.79 Å². The van der Waals surface area contributed by atoms with Crippen LogP contribution in [0.1, 0.15) is 29.0 Å². The maximum absolute atomic E-state index is 13.0. The van der Waals surface area contributed by atoms with Gasteiger partial charge in [-0.25, -0.2) is 0 Å². The second kappa shape index (κ2) is 6.70. The summed E-state index contributed by atoms with van der Waals surface area (Å²) >= 11 is 0. The number of alkyl halides is 3.